The molecule has 0 radical (unpaired) electrons. The van der Waals surface area contributed by atoms with E-state index in [1.165, 1.54) is 6.07 Å². The molecule has 28 heavy (non-hydrogen) atoms. The molecule has 0 saturated heterocycles. The standard InChI is InChI=1S/C17H10F6N4O/c18-10-2-1-3-13(7-10)27-15(17(21,22)23)14(25-26-27)16(28)24-8-9-4-11(19)6-12(20)5-9/h1-7H,8H2,(H,24,28). The van der Waals surface area contributed by atoms with E-state index in [9.17, 15) is 31.1 Å². The summed E-state index contributed by atoms with van der Waals surface area (Å²) in [4.78, 5) is 12.2. The SMILES string of the molecule is O=C(NCc1cc(F)cc(F)c1)c1nnn(-c2cccc(F)c2)c1C(F)(F)F. The highest BCUT2D eigenvalue weighted by molar-refractivity contribution is 5.93. The molecule has 3 aromatic rings. The van der Waals surface area contributed by atoms with Crippen molar-refractivity contribution in [2.45, 2.75) is 12.7 Å². The van der Waals surface area contributed by atoms with E-state index in [4.69, 9.17) is 0 Å². The Balaban J connectivity index is 1.92. The van der Waals surface area contributed by atoms with Gasteiger partial charge in [-0.05, 0) is 35.9 Å². The summed E-state index contributed by atoms with van der Waals surface area (Å²) in [5.74, 6) is -3.88. The Kier molecular flexibility index (Phi) is 5.08. The number of benzene rings is 2. The molecular formula is C17H10F6N4O. The molecule has 0 unspecified atom stereocenters. The van der Waals surface area contributed by atoms with E-state index >= 15 is 0 Å². The first-order chi connectivity index (χ1) is 13.1. The van der Waals surface area contributed by atoms with Gasteiger partial charge in [-0.1, -0.05) is 11.3 Å². The molecule has 0 atom stereocenters. The molecule has 5 nitrogen and oxygen atoms in total. The molecule has 0 spiro atoms. The molecule has 11 heteroatoms. The van der Waals surface area contributed by atoms with E-state index in [1.54, 1.807) is 0 Å². The van der Waals surface area contributed by atoms with Crippen molar-refractivity contribution in [3.63, 3.8) is 0 Å². The summed E-state index contributed by atoms with van der Waals surface area (Å²) in [7, 11) is 0. The Morgan fingerprint density at radius 1 is 1.00 bits per heavy atom. The molecule has 146 valence electrons. The Hall–Kier alpha value is -3.37. The lowest BCUT2D eigenvalue weighted by atomic mass is 10.2. The van der Waals surface area contributed by atoms with Gasteiger partial charge in [-0.25, -0.2) is 17.9 Å². The lowest BCUT2D eigenvalue weighted by Gasteiger charge is -2.11. The zero-order valence-corrected chi connectivity index (χ0v) is 13.8. The van der Waals surface area contributed by atoms with Crippen LogP contribution in [0.5, 0.6) is 0 Å². The minimum Gasteiger partial charge on any atom is -0.346 e. The summed E-state index contributed by atoms with van der Waals surface area (Å²) < 4.78 is 80.4. The van der Waals surface area contributed by atoms with E-state index in [-0.39, 0.29) is 11.3 Å². The number of carbonyl (C=O) groups is 1. The van der Waals surface area contributed by atoms with Crippen LogP contribution in [0.3, 0.4) is 0 Å². The summed E-state index contributed by atoms with van der Waals surface area (Å²) in [6.07, 6.45) is -5.03. The number of hydrogen-bond acceptors (Lipinski definition) is 3. The minimum atomic E-state index is -5.03. The molecular weight excluding hydrogens is 390 g/mol. The smallest absolute Gasteiger partial charge is 0.346 e. The maximum absolute atomic E-state index is 13.5. The highest BCUT2D eigenvalue weighted by Gasteiger charge is 2.42. The Bertz CT molecular complexity index is 1010. The Labute approximate surface area is 153 Å². The molecule has 0 saturated carbocycles. The van der Waals surface area contributed by atoms with Gasteiger partial charge in [0.05, 0.1) is 5.69 Å². The van der Waals surface area contributed by atoms with Gasteiger partial charge in [-0.15, -0.1) is 5.10 Å². The molecule has 2 aromatic carbocycles. The largest absolute Gasteiger partial charge is 0.435 e. The molecule has 0 aliphatic carbocycles. The molecule has 1 N–H and O–H groups in total. The molecule has 3 rings (SSSR count). The minimum absolute atomic E-state index is 0.00284. The first-order valence-corrected chi connectivity index (χ1v) is 7.67. The average Bonchev–Trinajstić information content (AvgIpc) is 3.04. The topological polar surface area (TPSA) is 59.8 Å². The van der Waals surface area contributed by atoms with Gasteiger partial charge in [-0.2, -0.15) is 13.2 Å². The number of rotatable bonds is 4. The first-order valence-electron chi connectivity index (χ1n) is 7.67. The van der Waals surface area contributed by atoms with E-state index in [2.05, 4.69) is 15.6 Å². The van der Waals surface area contributed by atoms with Crippen LogP contribution in [0.2, 0.25) is 0 Å². The van der Waals surface area contributed by atoms with E-state index in [0.29, 0.717) is 10.7 Å². The Morgan fingerprint density at radius 2 is 1.68 bits per heavy atom. The zero-order valence-electron chi connectivity index (χ0n) is 13.8. The second-order valence-electron chi connectivity index (χ2n) is 5.64. The second-order valence-corrected chi connectivity index (χ2v) is 5.64. The monoisotopic (exact) mass is 400 g/mol. The summed E-state index contributed by atoms with van der Waals surface area (Å²) in [5, 5.41) is 8.64. The third-order valence-corrected chi connectivity index (χ3v) is 3.58. The number of nitrogens with zero attached hydrogens (tertiary/aromatic N) is 3. The highest BCUT2D eigenvalue weighted by atomic mass is 19.4. The highest BCUT2D eigenvalue weighted by Crippen LogP contribution is 2.32. The molecule has 1 amide bonds. The van der Waals surface area contributed by atoms with Crippen molar-refractivity contribution in [1.82, 2.24) is 20.3 Å². The predicted molar refractivity (Wildman–Crippen MR) is 83.8 cm³/mol. The summed E-state index contributed by atoms with van der Waals surface area (Å²) in [5.41, 5.74) is -2.86. The lowest BCUT2D eigenvalue weighted by Crippen LogP contribution is -2.27. The van der Waals surface area contributed by atoms with Crippen LogP contribution in [0, 0.1) is 17.5 Å². The number of halogens is 6. The summed E-state index contributed by atoms with van der Waals surface area (Å²) in [6, 6.07) is 6.59. The van der Waals surface area contributed by atoms with Crippen molar-refractivity contribution in [2.24, 2.45) is 0 Å². The van der Waals surface area contributed by atoms with Crippen molar-refractivity contribution in [2.75, 3.05) is 0 Å². The van der Waals surface area contributed by atoms with Crippen molar-refractivity contribution < 1.29 is 31.1 Å². The van der Waals surface area contributed by atoms with Crippen LogP contribution >= 0.6 is 0 Å². The third-order valence-electron chi connectivity index (χ3n) is 3.58. The van der Waals surface area contributed by atoms with Crippen LogP contribution in [0.1, 0.15) is 21.7 Å². The van der Waals surface area contributed by atoms with Crippen molar-refractivity contribution in [3.8, 4) is 5.69 Å². The van der Waals surface area contributed by atoms with Gasteiger partial charge in [-0.3, -0.25) is 4.79 Å². The fourth-order valence-electron chi connectivity index (χ4n) is 2.46. The van der Waals surface area contributed by atoms with Gasteiger partial charge in [0.2, 0.25) is 0 Å². The number of amides is 1. The second kappa shape index (κ2) is 7.33. The summed E-state index contributed by atoms with van der Waals surface area (Å²) in [6.45, 7) is -0.447. The summed E-state index contributed by atoms with van der Waals surface area (Å²) >= 11 is 0. The number of nitrogens with one attached hydrogen (secondary N) is 1. The van der Waals surface area contributed by atoms with Crippen LogP contribution in [0.4, 0.5) is 26.3 Å². The Morgan fingerprint density at radius 3 is 2.29 bits per heavy atom. The van der Waals surface area contributed by atoms with Gasteiger partial charge < -0.3 is 5.32 Å². The lowest BCUT2D eigenvalue weighted by molar-refractivity contribution is -0.143. The number of carbonyl (C=O) groups excluding carboxylic acids is 1. The van der Waals surface area contributed by atoms with Crippen molar-refractivity contribution in [1.29, 1.82) is 0 Å². The maximum Gasteiger partial charge on any atom is 0.435 e. The zero-order chi connectivity index (χ0) is 20.5. The van der Waals surface area contributed by atoms with Gasteiger partial charge in [0.25, 0.3) is 5.91 Å². The van der Waals surface area contributed by atoms with Crippen molar-refractivity contribution in [3.05, 3.63) is 76.9 Å². The average molecular weight is 400 g/mol. The van der Waals surface area contributed by atoms with Crippen LogP contribution in [-0.4, -0.2) is 20.9 Å². The number of hydrogen-bond donors (Lipinski definition) is 1. The van der Waals surface area contributed by atoms with Gasteiger partial charge in [0.15, 0.2) is 11.4 Å². The third kappa shape index (κ3) is 4.13. The molecule has 0 aliphatic heterocycles. The normalized spacial score (nSPS) is 11.5. The molecule has 0 aliphatic rings. The fraction of sp³-hybridized carbons (Fsp3) is 0.118. The van der Waals surface area contributed by atoms with E-state index in [1.807, 2.05) is 0 Å². The number of alkyl halides is 3. The van der Waals surface area contributed by atoms with Crippen molar-refractivity contribution >= 4 is 5.91 Å². The number of aromatic nitrogens is 3. The molecule has 1 aromatic heterocycles. The molecule has 0 bridgehead atoms. The first kappa shape index (κ1) is 19.4. The van der Waals surface area contributed by atoms with Crippen LogP contribution in [0.15, 0.2) is 42.5 Å². The van der Waals surface area contributed by atoms with Crippen LogP contribution in [-0.2, 0) is 12.7 Å². The van der Waals surface area contributed by atoms with Crippen LogP contribution < -0.4 is 5.32 Å². The maximum atomic E-state index is 13.5. The van der Waals surface area contributed by atoms with E-state index < -0.39 is 47.5 Å². The van der Waals surface area contributed by atoms with Gasteiger partial charge >= 0.3 is 6.18 Å². The predicted octanol–water partition coefficient (Wildman–Crippen LogP) is 3.63. The quantitative estimate of drug-likeness (QED) is 0.681. The molecule has 0 fully saturated rings. The van der Waals surface area contributed by atoms with Gasteiger partial charge in [0, 0.05) is 12.6 Å². The van der Waals surface area contributed by atoms with Crippen LogP contribution in [0.25, 0.3) is 5.69 Å². The van der Waals surface area contributed by atoms with E-state index in [0.717, 1.165) is 30.3 Å². The van der Waals surface area contributed by atoms with Gasteiger partial charge in [0.1, 0.15) is 17.5 Å². The molecule has 1 heterocycles. The fourth-order valence-corrected chi connectivity index (χ4v) is 2.46.